The van der Waals surface area contributed by atoms with E-state index in [0.717, 1.165) is 17.0 Å². The highest BCUT2D eigenvalue weighted by molar-refractivity contribution is 8.15. The molecule has 112 valence electrons. The van der Waals surface area contributed by atoms with Crippen LogP contribution in [0.15, 0.2) is 34.7 Å². The number of carbonyl (C=O) groups is 1. The van der Waals surface area contributed by atoms with Crippen LogP contribution in [0, 0.1) is 6.92 Å². The maximum Gasteiger partial charge on any atom is 0.270 e. The molecule has 1 atom stereocenters. The minimum atomic E-state index is -3.73. The molecule has 1 amide bonds. The van der Waals surface area contributed by atoms with Gasteiger partial charge in [0.2, 0.25) is 0 Å². The van der Waals surface area contributed by atoms with Gasteiger partial charge in [-0.15, -0.1) is 11.3 Å². The number of halogens is 1. The van der Waals surface area contributed by atoms with Crippen molar-refractivity contribution in [3.8, 4) is 0 Å². The molecule has 0 saturated heterocycles. The van der Waals surface area contributed by atoms with Gasteiger partial charge in [0.25, 0.3) is 15.0 Å². The van der Waals surface area contributed by atoms with E-state index >= 15 is 0 Å². The van der Waals surface area contributed by atoms with Crippen LogP contribution in [0.5, 0.6) is 0 Å². The Hall–Kier alpha value is -1.44. The number of carbonyl (C=O) groups excluding carboxylic acids is 1. The number of hydrogen-bond donors (Lipinski definition) is 1. The number of nitrogens with zero attached hydrogens (tertiary/aromatic N) is 1. The average molecular weight is 345 g/mol. The van der Waals surface area contributed by atoms with Crippen molar-refractivity contribution >= 4 is 37.0 Å². The molecular weight excluding hydrogens is 332 g/mol. The Morgan fingerprint density at radius 1 is 1.38 bits per heavy atom. The van der Waals surface area contributed by atoms with Gasteiger partial charge in [0.1, 0.15) is 4.21 Å². The Labute approximate surface area is 131 Å². The Bertz CT molecular complexity index is 771. The van der Waals surface area contributed by atoms with Crippen LogP contribution in [-0.2, 0) is 9.05 Å². The van der Waals surface area contributed by atoms with Gasteiger partial charge < -0.3 is 5.32 Å². The van der Waals surface area contributed by atoms with Crippen LogP contribution in [-0.4, -0.2) is 19.3 Å². The molecule has 0 saturated carbocycles. The first-order valence-electron chi connectivity index (χ1n) is 6.05. The molecule has 2 rings (SSSR count). The van der Waals surface area contributed by atoms with E-state index in [1.807, 2.05) is 0 Å². The van der Waals surface area contributed by atoms with Crippen LogP contribution in [0.1, 0.15) is 33.9 Å². The third kappa shape index (κ3) is 4.03. The number of nitrogens with one attached hydrogen (secondary N) is 1. The number of pyridine rings is 1. The Morgan fingerprint density at radius 3 is 2.67 bits per heavy atom. The molecule has 2 aromatic heterocycles. The number of aromatic nitrogens is 1. The summed E-state index contributed by atoms with van der Waals surface area (Å²) in [6, 6.07) is 6.07. The van der Waals surface area contributed by atoms with Crippen molar-refractivity contribution in [2.75, 3.05) is 0 Å². The van der Waals surface area contributed by atoms with Gasteiger partial charge in [-0.2, -0.15) is 0 Å². The van der Waals surface area contributed by atoms with Crippen molar-refractivity contribution in [1.82, 2.24) is 10.3 Å². The van der Waals surface area contributed by atoms with Gasteiger partial charge >= 0.3 is 0 Å². The molecule has 0 bridgehead atoms. The molecule has 0 fully saturated rings. The van der Waals surface area contributed by atoms with E-state index in [-0.39, 0.29) is 16.2 Å². The Kier molecular flexibility index (Phi) is 4.65. The fourth-order valence-corrected chi connectivity index (χ4v) is 3.83. The first kappa shape index (κ1) is 15.9. The van der Waals surface area contributed by atoms with E-state index in [2.05, 4.69) is 10.3 Å². The molecule has 0 radical (unpaired) electrons. The summed E-state index contributed by atoms with van der Waals surface area (Å²) in [5, 5.41) is 2.81. The zero-order valence-electron chi connectivity index (χ0n) is 11.3. The lowest BCUT2D eigenvalue weighted by Crippen LogP contribution is -2.26. The Balaban J connectivity index is 2.13. The predicted molar refractivity (Wildman–Crippen MR) is 82.2 cm³/mol. The molecule has 21 heavy (non-hydrogen) atoms. The topological polar surface area (TPSA) is 76.1 Å². The van der Waals surface area contributed by atoms with E-state index in [1.54, 1.807) is 38.2 Å². The summed E-state index contributed by atoms with van der Waals surface area (Å²) in [7, 11) is 1.55. The lowest BCUT2D eigenvalue weighted by Gasteiger charge is -2.12. The van der Waals surface area contributed by atoms with Gasteiger partial charge in [0.15, 0.2) is 0 Å². The summed E-state index contributed by atoms with van der Waals surface area (Å²) in [4.78, 5) is 16.9. The molecule has 0 aromatic carbocycles. The van der Waals surface area contributed by atoms with Crippen molar-refractivity contribution in [3.05, 3.63) is 46.6 Å². The van der Waals surface area contributed by atoms with E-state index in [9.17, 15) is 13.2 Å². The summed E-state index contributed by atoms with van der Waals surface area (Å²) in [6.45, 7) is 3.58. The van der Waals surface area contributed by atoms with E-state index < -0.39 is 9.05 Å². The molecule has 0 aliphatic heterocycles. The van der Waals surface area contributed by atoms with Crippen LogP contribution in [0.25, 0.3) is 0 Å². The van der Waals surface area contributed by atoms with Crippen LogP contribution >= 0.6 is 22.0 Å². The second-order valence-corrected chi connectivity index (χ2v) is 8.38. The summed E-state index contributed by atoms with van der Waals surface area (Å²) in [6.07, 6.45) is 1.57. The highest BCUT2D eigenvalue weighted by Crippen LogP contribution is 2.28. The van der Waals surface area contributed by atoms with Gasteiger partial charge in [-0.3, -0.25) is 9.78 Å². The van der Waals surface area contributed by atoms with Gasteiger partial charge in [-0.25, -0.2) is 8.42 Å². The second-order valence-electron chi connectivity index (χ2n) is 4.48. The summed E-state index contributed by atoms with van der Waals surface area (Å²) < 4.78 is 22.5. The maximum atomic E-state index is 12.1. The Morgan fingerprint density at radius 2 is 2.10 bits per heavy atom. The van der Waals surface area contributed by atoms with Crippen LogP contribution in [0.4, 0.5) is 0 Å². The molecule has 8 heteroatoms. The van der Waals surface area contributed by atoms with E-state index in [1.165, 1.54) is 6.07 Å². The number of rotatable bonds is 4. The molecule has 2 aromatic rings. The lowest BCUT2D eigenvalue weighted by molar-refractivity contribution is 0.0940. The second kappa shape index (κ2) is 6.13. The molecule has 2 heterocycles. The highest BCUT2D eigenvalue weighted by Gasteiger charge is 2.18. The summed E-state index contributed by atoms with van der Waals surface area (Å²) >= 11 is 1.04. The van der Waals surface area contributed by atoms with Crippen LogP contribution < -0.4 is 5.32 Å². The van der Waals surface area contributed by atoms with Crippen LogP contribution in [0.2, 0.25) is 0 Å². The van der Waals surface area contributed by atoms with Crippen LogP contribution in [0.3, 0.4) is 0 Å². The lowest BCUT2D eigenvalue weighted by atomic mass is 10.2. The predicted octanol–water partition coefficient (Wildman–Crippen LogP) is 2.87. The monoisotopic (exact) mass is 344 g/mol. The van der Waals surface area contributed by atoms with Crippen molar-refractivity contribution in [2.24, 2.45) is 0 Å². The molecule has 0 aliphatic carbocycles. The SMILES string of the molecule is Cc1cc(C(=O)NC(C)c2ccc(S(=O)(=O)Cl)s2)ccn1. The fourth-order valence-electron chi connectivity index (χ4n) is 1.74. The van der Waals surface area contributed by atoms with Crippen molar-refractivity contribution < 1.29 is 13.2 Å². The number of amides is 1. The fraction of sp³-hybridized carbons (Fsp3) is 0.231. The smallest absolute Gasteiger partial charge is 0.270 e. The van der Waals surface area contributed by atoms with E-state index in [4.69, 9.17) is 10.7 Å². The molecule has 5 nitrogen and oxygen atoms in total. The minimum Gasteiger partial charge on any atom is -0.345 e. The third-order valence-electron chi connectivity index (χ3n) is 2.78. The molecule has 1 N–H and O–H groups in total. The first-order chi connectivity index (χ1) is 9.77. The standard InChI is InChI=1S/C13H13ClN2O3S2/c1-8-7-10(5-6-15-8)13(17)16-9(2)11-3-4-12(20-11)21(14,18)19/h3-7,9H,1-2H3,(H,16,17). The zero-order valence-corrected chi connectivity index (χ0v) is 13.7. The maximum absolute atomic E-state index is 12.1. The van der Waals surface area contributed by atoms with Gasteiger partial charge in [-0.05, 0) is 38.1 Å². The zero-order chi connectivity index (χ0) is 15.6. The summed E-state index contributed by atoms with van der Waals surface area (Å²) in [5.41, 5.74) is 1.26. The minimum absolute atomic E-state index is 0.0695. The van der Waals surface area contributed by atoms with E-state index in [0.29, 0.717) is 10.4 Å². The molecule has 0 spiro atoms. The number of thiophene rings is 1. The van der Waals surface area contributed by atoms with Gasteiger partial charge in [-0.1, -0.05) is 0 Å². The average Bonchev–Trinajstić information content (AvgIpc) is 2.88. The normalized spacial score (nSPS) is 12.9. The third-order valence-corrected chi connectivity index (χ3v) is 6.14. The first-order valence-corrected chi connectivity index (χ1v) is 9.18. The molecule has 0 aliphatic rings. The van der Waals surface area contributed by atoms with Gasteiger partial charge in [0, 0.05) is 33.0 Å². The molecular formula is C13H13ClN2O3S2. The largest absolute Gasteiger partial charge is 0.345 e. The molecule has 1 unspecified atom stereocenters. The summed E-state index contributed by atoms with van der Waals surface area (Å²) in [5.74, 6) is -0.239. The van der Waals surface area contributed by atoms with Gasteiger partial charge in [0.05, 0.1) is 6.04 Å². The number of hydrogen-bond acceptors (Lipinski definition) is 5. The van der Waals surface area contributed by atoms with Crippen molar-refractivity contribution in [1.29, 1.82) is 0 Å². The number of aryl methyl sites for hydroxylation is 1. The van der Waals surface area contributed by atoms with Crippen molar-refractivity contribution in [3.63, 3.8) is 0 Å². The quantitative estimate of drug-likeness (QED) is 0.865. The van der Waals surface area contributed by atoms with Crippen molar-refractivity contribution in [2.45, 2.75) is 24.1 Å². The highest BCUT2D eigenvalue weighted by atomic mass is 35.7.